The normalized spacial score (nSPS) is 13.2. The molecule has 24 heavy (non-hydrogen) atoms. The zero-order chi connectivity index (χ0) is 18.3. The molecular weight excluding hydrogens is 316 g/mol. The van der Waals surface area contributed by atoms with Crippen molar-refractivity contribution in [2.24, 2.45) is 0 Å². The third kappa shape index (κ3) is 5.56. The highest BCUT2D eigenvalue weighted by atomic mass is 16.6. The summed E-state index contributed by atoms with van der Waals surface area (Å²) in [6.07, 6.45) is 1.88. The van der Waals surface area contributed by atoms with Crippen LogP contribution in [0.5, 0.6) is 0 Å². The Morgan fingerprint density at radius 2 is 1.38 bits per heavy atom. The summed E-state index contributed by atoms with van der Waals surface area (Å²) in [5.74, 6) is 1.28. The number of aryl methyl sites for hydroxylation is 2. The van der Waals surface area contributed by atoms with Crippen molar-refractivity contribution in [1.29, 1.82) is 0 Å². The third-order valence-corrected chi connectivity index (χ3v) is 3.51. The zero-order valence-corrected chi connectivity index (χ0v) is 15.1. The van der Waals surface area contributed by atoms with E-state index < -0.39 is 11.6 Å². The first kappa shape index (κ1) is 20.0. The first-order chi connectivity index (χ1) is 11.3. The summed E-state index contributed by atoms with van der Waals surface area (Å²) in [5.41, 5.74) is 0. The smallest absolute Gasteiger partial charge is 0.396 e. The molecule has 2 rings (SSSR count). The summed E-state index contributed by atoms with van der Waals surface area (Å²) in [4.78, 5) is 21.3. The fraction of sp³-hybridized carbons (Fsp3) is 0.647. The Morgan fingerprint density at radius 3 is 1.75 bits per heavy atom. The van der Waals surface area contributed by atoms with Crippen LogP contribution in [0, 0.1) is 13.8 Å². The summed E-state index contributed by atoms with van der Waals surface area (Å²) in [6, 6.07) is 0. The van der Waals surface area contributed by atoms with E-state index in [4.69, 9.17) is 18.0 Å². The number of ether oxygens (including phenoxy) is 1. The van der Waals surface area contributed by atoms with Gasteiger partial charge < -0.3 is 22.4 Å². The molecule has 7 heteroatoms. The lowest BCUT2D eigenvalue weighted by molar-refractivity contribution is 0.0589. The zero-order valence-electron chi connectivity index (χ0n) is 15.1. The second-order valence-corrected chi connectivity index (χ2v) is 5.54. The second-order valence-electron chi connectivity index (χ2n) is 5.54. The molecule has 0 spiro atoms. The second kappa shape index (κ2) is 9.32. The van der Waals surface area contributed by atoms with Crippen molar-refractivity contribution in [1.82, 2.24) is 0 Å². The van der Waals surface area contributed by atoms with Crippen LogP contribution >= 0.6 is 0 Å². The lowest BCUT2D eigenvalue weighted by Crippen LogP contribution is -1.99. The maximum atomic E-state index is 10.7. The average Bonchev–Trinajstić information content (AvgIpc) is 3.01. The molecule has 0 amide bonds. The molecule has 0 aromatic carbocycles. The van der Waals surface area contributed by atoms with Gasteiger partial charge in [0, 0.05) is 12.5 Å². The van der Waals surface area contributed by atoms with Gasteiger partial charge in [0.15, 0.2) is 11.5 Å². The van der Waals surface area contributed by atoms with E-state index in [1.54, 1.807) is 13.8 Å². The molecule has 0 saturated carbocycles. The maximum absolute atomic E-state index is 10.7. The van der Waals surface area contributed by atoms with Crippen LogP contribution in [-0.4, -0.2) is 6.61 Å². The first-order valence-corrected chi connectivity index (χ1v) is 8.12. The van der Waals surface area contributed by atoms with E-state index in [0.29, 0.717) is 29.6 Å². The maximum Gasteiger partial charge on any atom is 0.519 e. The molecule has 0 N–H and O–H groups in total. The Bertz CT molecular complexity index is 654. The van der Waals surface area contributed by atoms with E-state index in [9.17, 15) is 9.59 Å². The Morgan fingerprint density at radius 1 is 0.875 bits per heavy atom. The Balaban J connectivity index is 0.000000240. The van der Waals surface area contributed by atoms with Crippen LogP contribution in [0.1, 0.15) is 75.6 Å². The average molecular weight is 342 g/mol. The van der Waals surface area contributed by atoms with Crippen LogP contribution in [0.2, 0.25) is 0 Å². The molecule has 0 saturated heterocycles. The highest BCUT2D eigenvalue weighted by molar-refractivity contribution is 5.06. The summed E-state index contributed by atoms with van der Waals surface area (Å²) in [6.45, 7) is 11.8. The summed E-state index contributed by atoms with van der Waals surface area (Å²) >= 11 is 0. The summed E-state index contributed by atoms with van der Waals surface area (Å²) in [7, 11) is 0. The van der Waals surface area contributed by atoms with Gasteiger partial charge in [-0.2, -0.15) is 0 Å². The SMILES string of the molecule is CCCC(C)c1oc(=O)oc1C.CCOC(C)c1oc(=O)oc1C. The summed E-state index contributed by atoms with van der Waals surface area (Å²) in [5, 5.41) is 0. The minimum Gasteiger partial charge on any atom is -0.396 e. The van der Waals surface area contributed by atoms with Gasteiger partial charge in [-0.05, 0) is 34.1 Å². The van der Waals surface area contributed by atoms with Gasteiger partial charge in [0.25, 0.3) is 0 Å². The molecular formula is C17H26O7. The van der Waals surface area contributed by atoms with Crippen molar-refractivity contribution in [2.45, 2.75) is 66.4 Å². The molecule has 0 bridgehead atoms. The molecule has 0 fully saturated rings. The van der Waals surface area contributed by atoms with Crippen LogP contribution in [0.15, 0.2) is 27.3 Å². The Hall–Kier alpha value is -2.02. The minimum absolute atomic E-state index is 0.221. The molecule has 0 aliphatic carbocycles. The predicted molar refractivity (Wildman–Crippen MR) is 87.3 cm³/mol. The number of rotatable bonds is 6. The number of hydrogen-bond acceptors (Lipinski definition) is 7. The Labute approximate surface area is 140 Å². The number of hydrogen-bond donors (Lipinski definition) is 0. The molecule has 2 aromatic heterocycles. The molecule has 2 heterocycles. The first-order valence-electron chi connectivity index (χ1n) is 8.12. The van der Waals surface area contributed by atoms with Gasteiger partial charge in [0.1, 0.15) is 17.6 Å². The van der Waals surface area contributed by atoms with Crippen LogP contribution in [0.3, 0.4) is 0 Å². The predicted octanol–water partition coefficient (Wildman–Crippen LogP) is 4.08. The highest BCUT2D eigenvalue weighted by Gasteiger charge is 2.16. The van der Waals surface area contributed by atoms with Crippen LogP contribution in [0.4, 0.5) is 0 Å². The van der Waals surface area contributed by atoms with Gasteiger partial charge in [-0.3, -0.25) is 0 Å². The van der Waals surface area contributed by atoms with E-state index in [0.717, 1.165) is 12.8 Å². The highest BCUT2D eigenvalue weighted by Crippen LogP contribution is 2.22. The van der Waals surface area contributed by atoms with Crippen LogP contribution in [0.25, 0.3) is 0 Å². The van der Waals surface area contributed by atoms with Crippen molar-refractivity contribution in [3.8, 4) is 0 Å². The van der Waals surface area contributed by atoms with Crippen molar-refractivity contribution >= 4 is 0 Å². The quantitative estimate of drug-likeness (QED) is 0.780. The summed E-state index contributed by atoms with van der Waals surface area (Å²) < 4.78 is 24.4. The molecule has 7 nitrogen and oxygen atoms in total. The fourth-order valence-electron chi connectivity index (χ4n) is 2.42. The molecule has 0 radical (unpaired) electrons. The molecule has 2 unspecified atom stereocenters. The van der Waals surface area contributed by atoms with Crippen molar-refractivity contribution < 1.29 is 22.4 Å². The van der Waals surface area contributed by atoms with Gasteiger partial charge in [-0.25, -0.2) is 9.59 Å². The molecule has 136 valence electrons. The minimum atomic E-state index is -0.672. The van der Waals surface area contributed by atoms with Gasteiger partial charge >= 0.3 is 11.6 Å². The van der Waals surface area contributed by atoms with Crippen molar-refractivity contribution in [3.05, 3.63) is 44.3 Å². The van der Waals surface area contributed by atoms with Crippen molar-refractivity contribution in [2.75, 3.05) is 6.61 Å². The van der Waals surface area contributed by atoms with Gasteiger partial charge in [-0.15, -0.1) is 0 Å². The molecule has 0 aliphatic rings. The van der Waals surface area contributed by atoms with E-state index in [1.165, 1.54) is 0 Å². The van der Waals surface area contributed by atoms with E-state index >= 15 is 0 Å². The van der Waals surface area contributed by atoms with E-state index in [-0.39, 0.29) is 12.0 Å². The lowest BCUT2D eigenvalue weighted by atomic mass is 10.0. The third-order valence-electron chi connectivity index (χ3n) is 3.51. The fourth-order valence-corrected chi connectivity index (χ4v) is 2.42. The van der Waals surface area contributed by atoms with E-state index in [2.05, 4.69) is 11.3 Å². The standard InChI is InChI=1S/C9H14O3.C8H12O4/c1-4-5-6(2)8-7(3)11-9(10)12-8;1-4-10-5(2)7-6(3)11-8(9)12-7/h6H,4-5H2,1-3H3;5H,4H2,1-3H3. The van der Waals surface area contributed by atoms with Gasteiger partial charge in [0.2, 0.25) is 0 Å². The van der Waals surface area contributed by atoms with Crippen molar-refractivity contribution in [3.63, 3.8) is 0 Å². The van der Waals surface area contributed by atoms with Crippen LogP contribution < -0.4 is 11.6 Å². The lowest BCUT2D eigenvalue weighted by Gasteiger charge is -2.06. The van der Waals surface area contributed by atoms with Crippen LogP contribution in [-0.2, 0) is 4.74 Å². The Kier molecular flexibility index (Phi) is 7.78. The van der Waals surface area contributed by atoms with E-state index in [1.807, 2.05) is 20.8 Å². The molecule has 0 aliphatic heterocycles. The molecule has 2 aromatic rings. The van der Waals surface area contributed by atoms with Gasteiger partial charge in [-0.1, -0.05) is 20.3 Å². The monoisotopic (exact) mass is 342 g/mol. The largest absolute Gasteiger partial charge is 0.519 e. The topological polar surface area (TPSA) is 95.9 Å². The van der Waals surface area contributed by atoms with Gasteiger partial charge in [0.05, 0.1) is 0 Å². The molecule has 2 atom stereocenters.